The van der Waals surface area contributed by atoms with Crippen LogP contribution in [0, 0.1) is 0 Å². The number of aromatic nitrogens is 1. The van der Waals surface area contributed by atoms with Crippen molar-refractivity contribution >= 4 is 38.9 Å². The lowest BCUT2D eigenvalue weighted by molar-refractivity contribution is 0.0789. The van der Waals surface area contributed by atoms with Gasteiger partial charge in [-0.15, -0.1) is 11.3 Å². The molecule has 2 aromatic heterocycles. The molecule has 17 heavy (non-hydrogen) atoms. The Morgan fingerprint density at radius 2 is 2.18 bits per heavy atom. The summed E-state index contributed by atoms with van der Waals surface area (Å²) in [6, 6.07) is 3.73. The fourth-order valence-corrected chi connectivity index (χ4v) is 3.31. The topological polar surface area (TPSA) is 33.2 Å². The predicted molar refractivity (Wildman–Crippen MR) is 69.8 cm³/mol. The van der Waals surface area contributed by atoms with E-state index in [1.54, 1.807) is 6.20 Å². The number of nitrogens with zero attached hydrogens (tertiary/aromatic N) is 2. The van der Waals surface area contributed by atoms with E-state index in [0.717, 1.165) is 36.0 Å². The van der Waals surface area contributed by atoms with Crippen LogP contribution in [0.25, 0.3) is 10.1 Å². The normalized spacial score (nSPS) is 15.7. The quantitative estimate of drug-likeness (QED) is 0.794. The minimum atomic E-state index is 0.0302. The molecule has 0 radical (unpaired) electrons. The number of pyridine rings is 1. The number of amides is 1. The Morgan fingerprint density at radius 3 is 2.94 bits per heavy atom. The van der Waals surface area contributed by atoms with Crippen molar-refractivity contribution in [3.8, 4) is 0 Å². The van der Waals surface area contributed by atoms with Crippen molar-refractivity contribution in [3.63, 3.8) is 0 Å². The first-order chi connectivity index (χ1) is 8.25. The number of rotatable bonds is 1. The molecule has 1 aliphatic heterocycles. The fraction of sp³-hybridized carbons (Fsp3) is 0.333. The molecule has 0 N–H and O–H groups in total. The summed E-state index contributed by atoms with van der Waals surface area (Å²) in [6.45, 7) is 1.68. The molecule has 5 heteroatoms. The summed E-state index contributed by atoms with van der Waals surface area (Å²) in [6.07, 6.45) is 3.86. The van der Waals surface area contributed by atoms with Crippen LogP contribution in [-0.4, -0.2) is 28.9 Å². The highest BCUT2D eigenvalue weighted by atomic mass is 35.5. The first-order valence-electron chi connectivity index (χ1n) is 5.59. The Balaban J connectivity index is 2.06. The second kappa shape index (κ2) is 4.27. The summed E-state index contributed by atoms with van der Waals surface area (Å²) < 4.78 is 1.72. The number of thiophene rings is 1. The maximum atomic E-state index is 12.3. The zero-order chi connectivity index (χ0) is 11.8. The van der Waals surface area contributed by atoms with Gasteiger partial charge in [-0.2, -0.15) is 0 Å². The molecule has 3 heterocycles. The number of hydrogen-bond donors (Lipinski definition) is 0. The molecule has 3 rings (SSSR count). The zero-order valence-electron chi connectivity index (χ0n) is 9.15. The predicted octanol–water partition coefficient (Wildman–Crippen LogP) is 3.19. The van der Waals surface area contributed by atoms with Crippen LogP contribution in [0.15, 0.2) is 18.3 Å². The van der Waals surface area contributed by atoms with E-state index in [-0.39, 0.29) is 5.91 Å². The number of likely N-dealkylation sites (tertiary alicyclic amines) is 1. The molecule has 2 aromatic rings. The number of carbonyl (C=O) groups is 1. The van der Waals surface area contributed by atoms with Gasteiger partial charge in [0.1, 0.15) is 5.69 Å². The molecule has 0 bridgehead atoms. The van der Waals surface area contributed by atoms with Crippen LogP contribution in [-0.2, 0) is 0 Å². The number of halogens is 1. The second-order valence-electron chi connectivity index (χ2n) is 4.12. The van der Waals surface area contributed by atoms with E-state index in [4.69, 9.17) is 11.6 Å². The summed E-state index contributed by atoms with van der Waals surface area (Å²) in [4.78, 5) is 18.4. The van der Waals surface area contributed by atoms with E-state index < -0.39 is 0 Å². The molecule has 0 atom stereocenters. The molecular formula is C12H11ClN2OS. The molecule has 0 aromatic carbocycles. The second-order valence-corrected chi connectivity index (χ2v) is 5.84. The molecule has 3 nitrogen and oxygen atoms in total. The van der Waals surface area contributed by atoms with Crippen LogP contribution in [0.3, 0.4) is 0 Å². The third-order valence-corrected chi connectivity index (χ3v) is 4.24. The summed E-state index contributed by atoms with van der Waals surface area (Å²) in [5.41, 5.74) is 0.535. The molecule has 88 valence electrons. The molecule has 0 unspecified atom stereocenters. The highest BCUT2D eigenvalue weighted by molar-refractivity contribution is 7.22. The van der Waals surface area contributed by atoms with E-state index in [1.165, 1.54) is 11.3 Å². The number of carbonyl (C=O) groups excluding carboxylic acids is 1. The van der Waals surface area contributed by atoms with Crippen molar-refractivity contribution in [2.45, 2.75) is 12.8 Å². The van der Waals surface area contributed by atoms with Gasteiger partial charge < -0.3 is 4.90 Å². The van der Waals surface area contributed by atoms with E-state index in [0.29, 0.717) is 10.0 Å². The molecule has 0 spiro atoms. The summed E-state index contributed by atoms with van der Waals surface area (Å²) >= 11 is 7.47. The van der Waals surface area contributed by atoms with Crippen molar-refractivity contribution < 1.29 is 4.79 Å². The third kappa shape index (κ3) is 1.91. The van der Waals surface area contributed by atoms with Gasteiger partial charge in [-0.3, -0.25) is 9.78 Å². The van der Waals surface area contributed by atoms with Crippen molar-refractivity contribution in [2.75, 3.05) is 13.1 Å². The van der Waals surface area contributed by atoms with E-state index in [2.05, 4.69) is 4.98 Å². The Bertz CT molecular complexity index is 575. The summed E-state index contributed by atoms with van der Waals surface area (Å²) in [5.74, 6) is 0.0302. The Labute approximate surface area is 108 Å². The lowest BCUT2D eigenvalue weighted by Gasteiger charge is -2.14. The Morgan fingerprint density at radius 1 is 1.41 bits per heavy atom. The average Bonchev–Trinajstić information content (AvgIpc) is 2.94. The third-order valence-electron chi connectivity index (χ3n) is 3.01. The van der Waals surface area contributed by atoms with E-state index in [1.807, 2.05) is 17.0 Å². The van der Waals surface area contributed by atoms with E-state index in [9.17, 15) is 4.79 Å². The first kappa shape index (κ1) is 11.0. The van der Waals surface area contributed by atoms with Crippen LogP contribution in [0.4, 0.5) is 0 Å². The van der Waals surface area contributed by atoms with Crippen LogP contribution in [0.5, 0.6) is 0 Å². The van der Waals surface area contributed by atoms with E-state index >= 15 is 0 Å². The SMILES string of the molecule is O=C(c1nccc2sc(Cl)cc12)N1CCCC1. The van der Waals surface area contributed by atoms with Gasteiger partial charge in [0.2, 0.25) is 0 Å². The first-order valence-corrected chi connectivity index (χ1v) is 6.78. The highest BCUT2D eigenvalue weighted by Crippen LogP contribution is 2.31. The minimum absolute atomic E-state index is 0.0302. The smallest absolute Gasteiger partial charge is 0.273 e. The maximum absolute atomic E-state index is 12.3. The van der Waals surface area contributed by atoms with Crippen molar-refractivity contribution in [3.05, 3.63) is 28.4 Å². The van der Waals surface area contributed by atoms with Gasteiger partial charge in [0.25, 0.3) is 5.91 Å². The van der Waals surface area contributed by atoms with Crippen LogP contribution >= 0.6 is 22.9 Å². The number of hydrogen-bond acceptors (Lipinski definition) is 3. The van der Waals surface area contributed by atoms with Gasteiger partial charge >= 0.3 is 0 Å². The average molecular weight is 267 g/mol. The molecular weight excluding hydrogens is 256 g/mol. The fourth-order valence-electron chi connectivity index (χ4n) is 2.17. The van der Waals surface area contributed by atoms with Crippen molar-refractivity contribution in [1.82, 2.24) is 9.88 Å². The molecule has 0 aliphatic carbocycles. The van der Waals surface area contributed by atoms with Crippen LogP contribution < -0.4 is 0 Å². The van der Waals surface area contributed by atoms with Gasteiger partial charge in [0.05, 0.1) is 4.34 Å². The highest BCUT2D eigenvalue weighted by Gasteiger charge is 2.22. The lowest BCUT2D eigenvalue weighted by Crippen LogP contribution is -2.28. The van der Waals surface area contributed by atoms with Gasteiger partial charge in [-0.1, -0.05) is 11.6 Å². The molecule has 1 saturated heterocycles. The lowest BCUT2D eigenvalue weighted by atomic mass is 10.2. The Kier molecular flexibility index (Phi) is 2.76. The van der Waals surface area contributed by atoms with Crippen molar-refractivity contribution in [1.29, 1.82) is 0 Å². The van der Waals surface area contributed by atoms with Gasteiger partial charge in [-0.25, -0.2) is 0 Å². The Hall–Kier alpha value is -1.13. The molecule has 1 aliphatic rings. The zero-order valence-corrected chi connectivity index (χ0v) is 10.7. The van der Waals surface area contributed by atoms with Gasteiger partial charge in [0, 0.05) is 29.4 Å². The number of fused-ring (bicyclic) bond motifs is 1. The van der Waals surface area contributed by atoms with Crippen molar-refractivity contribution in [2.24, 2.45) is 0 Å². The van der Waals surface area contributed by atoms with Crippen LogP contribution in [0.2, 0.25) is 4.34 Å². The summed E-state index contributed by atoms with van der Waals surface area (Å²) in [7, 11) is 0. The van der Waals surface area contributed by atoms with Crippen LogP contribution in [0.1, 0.15) is 23.3 Å². The molecule has 1 amide bonds. The molecule has 1 fully saturated rings. The van der Waals surface area contributed by atoms with Gasteiger partial charge in [-0.05, 0) is 25.0 Å². The monoisotopic (exact) mass is 266 g/mol. The standard InChI is InChI=1S/C12H11ClN2OS/c13-10-7-8-9(17-10)3-4-14-11(8)12(16)15-5-1-2-6-15/h3-4,7H,1-2,5-6H2. The van der Waals surface area contributed by atoms with Gasteiger partial charge in [0.15, 0.2) is 0 Å². The largest absolute Gasteiger partial charge is 0.337 e. The maximum Gasteiger partial charge on any atom is 0.273 e. The summed E-state index contributed by atoms with van der Waals surface area (Å²) in [5, 5.41) is 0.874. The molecule has 0 saturated carbocycles. The minimum Gasteiger partial charge on any atom is -0.337 e.